The van der Waals surface area contributed by atoms with Gasteiger partial charge < -0.3 is 15.4 Å². The Morgan fingerprint density at radius 2 is 2.47 bits per heavy atom. The summed E-state index contributed by atoms with van der Waals surface area (Å²) >= 11 is 0. The van der Waals surface area contributed by atoms with Crippen LogP contribution in [0, 0.1) is 6.92 Å². The van der Waals surface area contributed by atoms with Gasteiger partial charge in [0.25, 0.3) is 5.91 Å². The second kappa shape index (κ2) is 5.71. The van der Waals surface area contributed by atoms with Gasteiger partial charge in [-0.3, -0.25) is 9.48 Å². The van der Waals surface area contributed by atoms with Gasteiger partial charge in [0.05, 0.1) is 23.4 Å². The van der Waals surface area contributed by atoms with E-state index in [1.54, 1.807) is 18.0 Å². The third-order valence-electron chi connectivity index (χ3n) is 3.60. The number of methoxy groups -OCH3 is 1. The fourth-order valence-electron chi connectivity index (χ4n) is 2.64. The van der Waals surface area contributed by atoms with Crippen molar-refractivity contribution in [3.8, 4) is 0 Å². The minimum absolute atomic E-state index is 0.0743. The lowest BCUT2D eigenvalue weighted by molar-refractivity contribution is 0.0891. The van der Waals surface area contributed by atoms with E-state index >= 15 is 0 Å². The molecule has 0 bridgehead atoms. The molecule has 1 aliphatic rings. The molecule has 0 saturated carbocycles. The quantitative estimate of drug-likeness (QED) is 0.800. The van der Waals surface area contributed by atoms with Crippen molar-refractivity contribution in [1.29, 1.82) is 0 Å². The maximum atomic E-state index is 12.1. The van der Waals surface area contributed by atoms with E-state index in [4.69, 9.17) is 4.74 Å². The molecule has 1 atom stereocenters. The number of carbonyl (C=O) groups is 1. The van der Waals surface area contributed by atoms with Gasteiger partial charge in [0, 0.05) is 26.9 Å². The Labute approximate surface area is 113 Å². The van der Waals surface area contributed by atoms with Crippen molar-refractivity contribution in [2.75, 3.05) is 26.8 Å². The summed E-state index contributed by atoms with van der Waals surface area (Å²) in [6.07, 6.45) is 3.88. The Balaban J connectivity index is 1.97. The van der Waals surface area contributed by atoms with Crippen LogP contribution < -0.4 is 10.6 Å². The summed E-state index contributed by atoms with van der Waals surface area (Å²) in [5, 5.41) is 10.6. The highest BCUT2D eigenvalue weighted by Gasteiger charge is 2.34. The predicted molar refractivity (Wildman–Crippen MR) is 72.1 cm³/mol. The van der Waals surface area contributed by atoms with Crippen LogP contribution >= 0.6 is 0 Å². The van der Waals surface area contributed by atoms with Gasteiger partial charge in [-0.2, -0.15) is 5.10 Å². The highest BCUT2D eigenvalue weighted by Crippen LogP contribution is 2.19. The number of amides is 1. The number of hydrogen-bond donors (Lipinski definition) is 2. The molecule has 0 aromatic carbocycles. The van der Waals surface area contributed by atoms with Gasteiger partial charge in [-0.15, -0.1) is 0 Å². The van der Waals surface area contributed by atoms with Crippen LogP contribution in [0.15, 0.2) is 6.20 Å². The second-order valence-corrected chi connectivity index (χ2v) is 5.23. The molecule has 2 N–H and O–H groups in total. The normalized spacial score (nSPS) is 22.7. The number of rotatable bonds is 5. The summed E-state index contributed by atoms with van der Waals surface area (Å²) in [5.74, 6) is -0.0743. The highest BCUT2D eigenvalue weighted by molar-refractivity contribution is 5.95. The summed E-state index contributed by atoms with van der Waals surface area (Å²) in [7, 11) is 3.50. The number of nitrogens with one attached hydrogen (secondary N) is 2. The van der Waals surface area contributed by atoms with Gasteiger partial charge in [-0.25, -0.2) is 0 Å². The van der Waals surface area contributed by atoms with Gasteiger partial charge in [0.2, 0.25) is 0 Å². The Hall–Kier alpha value is -1.40. The maximum absolute atomic E-state index is 12.1. The first-order valence-corrected chi connectivity index (χ1v) is 6.59. The van der Waals surface area contributed by atoms with Crippen molar-refractivity contribution in [2.24, 2.45) is 7.05 Å². The first-order valence-electron chi connectivity index (χ1n) is 6.59. The molecule has 0 aliphatic carbocycles. The van der Waals surface area contributed by atoms with E-state index in [-0.39, 0.29) is 11.4 Å². The van der Waals surface area contributed by atoms with Crippen molar-refractivity contribution in [1.82, 2.24) is 20.4 Å². The third kappa shape index (κ3) is 3.13. The molecule has 19 heavy (non-hydrogen) atoms. The maximum Gasteiger partial charge on any atom is 0.254 e. The first-order chi connectivity index (χ1) is 9.06. The molecular weight excluding hydrogens is 244 g/mol. The average molecular weight is 266 g/mol. The lowest BCUT2D eigenvalue weighted by Gasteiger charge is -2.28. The van der Waals surface area contributed by atoms with Gasteiger partial charge in [-0.05, 0) is 26.3 Å². The summed E-state index contributed by atoms with van der Waals surface area (Å²) in [6, 6.07) is 0. The number of ether oxygens (including phenoxy) is 1. The van der Waals surface area contributed by atoms with E-state index in [1.165, 1.54) is 0 Å². The second-order valence-electron chi connectivity index (χ2n) is 5.23. The zero-order valence-corrected chi connectivity index (χ0v) is 11.8. The van der Waals surface area contributed by atoms with Crippen molar-refractivity contribution in [3.05, 3.63) is 17.5 Å². The number of carbonyl (C=O) groups excluding carboxylic acids is 1. The smallest absolute Gasteiger partial charge is 0.254 e. The fraction of sp³-hybridized carbons (Fsp3) is 0.692. The summed E-state index contributed by atoms with van der Waals surface area (Å²) in [5.41, 5.74) is 1.26. The summed E-state index contributed by atoms with van der Waals surface area (Å²) in [6.45, 7) is 4.01. The zero-order valence-electron chi connectivity index (χ0n) is 11.8. The molecule has 6 nitrogen and oxygen atoms in total. The van der Waals surface area contributed by atoms with E-state index < -0.39 is 0 Å². The fourth-order valence-corrected chi connectivity index (χ4v) is 2.64. The van der Waals surface area contributed by atoms with Gasteiger partial charge >= 0.3 is 0 Å². The van der Waals surface area contributed by atoms with Crippen molar-refractivity contribution in [3.63, 3.8) is 0 Å². The van der Waals surface area contributed by atoms with Crippen LogP contribution in [0.4, 0.5) is 0 Å². The average Bonchev–Trinajstić information content (AvgIpc) is 2.94. The van der Waals surface area contributed by atoms with E-state index in [1.807, 2.05) is 14.0 Å². The van der Waals surface area contributed by atoms with E-state index in [2.05, 4.69) is 15.7 Å². The van der Waals surface area contributed by atoms with Gasteiger partial charge in [0.15, 0.2) is 0 Å². The minimum Gasteiger partial charge on any atom is -0.383 e. The lowest BCUT2D eigenvalue weighted by atomic mass is 9.98. The van der Waals surface area contributed by atoms with E-state index in [9.17, 15) is 4.79 Å². The zero-order chi connectivity index (χ0) is 13.9. The summed E-state index contributed by atoms with van der Waals surface area (Å²) < 4.78 is 6.92. The van der Waals surface area contributed by atoms with E-state index in [0.29, 0.717) is 18.7 Å². The molecule has 2 rings (SSSR count). The highest BCUT2D eigenvalue weighted by atomic mass is 16.5. The largest absolute Gasteiger partial charge is 0.383 e. The SMILES string of the molecule is COCC1(CNC(=O)c2cn(C)nc2C)CCCN1. The Morgan fingerprint density at radius 1 is 1.68 bits per heavy atom. The van der Waals surface area contributed by atoms with Crippen LogP contribution in [-0.2, 0) is 11.8 Å². The molecule has 1 unspecified atom stereocenters. The minimum atomic E-state index is -0.124. The molecule has 1 fully saturated rings. The Morgan fingerprint density at radius 3 is 3.00 bits per heavy atom. The lowest BCUT2D eigenvalue weighted by Crippen LogP contribution is -2.53. The van der Waals surface area contributed by atoms with Crippen LogP contribution in [-0.4, -0.2) is 48.0 Å². The molecule has 0 spiro atoms. The molecular formula is C13H22N4O2. The Bertz CT molecular complexity index is 449. The number of aryl methyl sites for hydroxylation is 2. The molecule has 2 heterocycles. The predicted octanol–water partition coefficient (Wildman–Crippen LogP) is 0.227. The van der Waals surface area contributed by atoms with Crippen LogP contribution in [0.2, 0.25) is 0 Å². The topological polar surface area (TPSA) is 68.2 Å². The monoisotopic (exact) mass is 266 g/mol. The number of hydrogen-bond acceptors (Lipinski definition) is 4. The molecule has 1 aromatic rings. The molecule has 1 amide bonds. The number of aromatic nitrogens is 2. The van der Waals surface area contributed by atoms with Crippen molar-refractivity contribution < 1.29 is 9.53 Å². The number of nitrogens with zero attached hydrogens (tertiary/aromatic N) is 2. The first kappa shape index (κ1) is 14.0. The van der Waals surface area contributed by atoms with Crippen molar-refractivity contribution in [2.45, 2.75) is 25.3 Å². The van der Waals surface area contributed by atoms with Crippen LogP contribution in [0.3, 0.4) is 0 Å². The van der Waals surface area contributed by atoms with Gasteiger partial charge in [-0.1, -0.05) is 0 Å². The molecule has 1 saturated heterocycles. The standard InChI is InChI=1S/C13H22N4O2/c1-10-11(7-17(2)16-10)12(18)14-8-13(9-19-3)5-4-6-15-13/h7,15H,4-6,8-9H2,1-3H3,(H,14,18). The van der Waals surface area contributed by atoms with Crippen LogP contribution in [0.1, 0.15) is 28.9 Å². The third-order valence-corrected chi connectivity index (χ3v) is 3.60. The molecule has 106 valence electrons. The molecule has 0 radical (unpaired) electrons. The molecule has 6 heteroatoms. The van der Waals surface area contributed by atoms with Crippen LogP contribution in [0.5, 0.6) is 0 Å². The van der Waals surface area contributed by atoms with Gasteiger partial charge in [0.1, 0.15) is 0 Å². The Kier molecular flexibility index (Phi) is 4.21. The van der Waals surface area contributed by atoms with E-state index in [0.717, 1.165) is 25.1 Å². The molecule has 1 aromatic heterocycles. The summed E-state index contributed by atoms with van der Waals surface area (Å²) in [4.78, 5) is 12.1. The van der Waals surface area contributed by atoms with Crippen molar-refractivity contribution >= 4 is 5.91 Å². The van der Waals surface area contributed by atoms with Crippen LogP contribution in [0.25, 0.3) is 0 Å². The molecule has 1 aliphatic heterocycles.